The lowest BCUT2D eigenvalue weighted by molar-refractivity contribution is 0.0944. The van der Waals surface area contributed by atoms with Crippen LogP contribution in [0.1, 0.15) is 20.7 Å². The lowest BCUT2D eigenvalue weighted by atomic mass is 10.2. The maximum Gasteiger partial charge on any atom is 0.252 e. The molecule has 0 aliphatic rings. The van der Waals surface area contributed by atoms with Crippen LogP contribution in [0.25, 0.3) is 0 Å². The van der Waals surface area contributed by atoms with Crippen LogP contribution in [-0.2, 0) is 0 Å². The van der Waals surface area contributed by atoms with Gasteiger partial charge in [0.15, 0.2) is 0 Å². The quantitative estimate of drug-likeness (QED) is 0.359. The first-order valence-electron chi connectivity index (χ1n) is 8.93. The molecule has 0 atom stereocenters. The third kappa shape index (κ3) is 6.91. The molecule has 0 fully saturated rings. The van der Waals surface area contributed by atoms with Crippen molar-refractivity contribution in [2.24, 2.45) is 0 Å². The Balaban J connectivity index is 2.27. The average Bonchev–Trinajstić information content (AvgIpc) is 2.79. The summed E-state index contributed by atoms with van der Waals surface area (Å²) in [6, 6.07) is 10.5. The minimum atomic E-state index is -0.243. The Morgan fingerprint density at radius 3 is 1.53 bits per heavy atom. The van der Waals surface area contributed by atoms with Gasteiger partial charge in [-0.2, -0.15) is 0 Å². The molecule has 0 saturated heterocycles. The van der Waals surface area contributed by atoms with E-state index in [0.29, 0.717) is 47.5 Å². The van der Waals surface area contributed by atoms with Crippen LogP contribution in [0.2, 0.25) is 0 Å². The number of benzene rings is 2. The van der Waals surface area contributed by atoms with E-state index in [-0.39, 0.29) is 11.8 Å². The fourth-order valence-electron chi connectivity index (χ4n) is 2.37. The molecule has 0 aliphatic heterocycles. The van der Waals surface area contributed by atoms with Gasteiger partial charge >= 0.3 is 0 Å². The highest BCUT2D eigenvalue weighted by Crippen LogP contribution is 2.42. The molecule has 0 aliphatic carbocycles. The summed E-state index contributed by atoms with van der Waals surface area (Å²) in [5.41, 5.74) is 0.942. The summed E-state index contributed by atoms with van der Waals surface area (Å²) in [7, 11) is 5.83. The van der Waals surface area contributed by atoms with Gasteiger partial charge in [0.1, 0.15) is 11.5 Å². The smallest absolute Gasteiger partial charge is 0.252 e. The van der Waals surface area contributed by atoms with E-state index in [1.807, 2.05) is 12.1 Å². The maximum absolute atomic E-state index is 12.5. The Kier molecular flexibility index (Phi) is 10.5. The number of methoxy groups -OCH3 is 2. The van der Waals surface area contributed by atoms with Crippen molar-refractivity contribution in [1.82, 2.24) is 10.6 Å². The Morgan fingerprint density at radius 1 is 0.800 bits per heavy atom. The molecule has 2 aromatic rings. The maximum atomic E-state index is 12.5. The second-order valence-corrected chi connectivity index (χ2v) is 8.75. The van der Waals surface area contributed by atoms with Crippen LogP contribution < -0.4 is 20.1 Å². The first-order chi connectivity index (χ1) is 14.5. The number of halogens is 2. The minimum Gasteiger partial charge on any atom is -0.497 e. The number of carbonyl (C=O) groups excluding carboxylic acids is 2. The Bertz CT molecular complexity index is 812. The molecule has 0 bridgehead atoms. The van der Waals surface area contributed by atoms with Crippen LogP contribution >= 0.6 is 44.8 Å². The molecule has 0 radical (unpaired) electrons. The highest BCUT2D eigenvalue weighted by molar-refractivity contribution is 8.76. The van der Waals surface area contributed by atoms with Crippen molar-refractivity contribution in [3.05, 3.63) is 47.5 Å². The lowest BCUT2D eigenvalue weighted by Crippen LogP contribution is -2.26. The number of alkyl halides is 2. The van der Waals surface area contributed by atoms with Crippen molar-refractivity contribution >= 4 is 56.6 Å². The lowest BCUT2D eigenvalue weighted by Gasteiger charge is -2.13. The van der Waals surface area contributed by atoms with Crippen molar-refractivity contribution in [3.63, 3.8) is 0 Å². The molecule has 6 nitrogen and oxygen atoms in total. The number of amides is 2. The van der Waals surface area contributed by atoms with Gasteiger partial charge in [0, 0.05) is 34.6 Å². The van der Waals surface area contributed by atoms with Crippen LogP contribution in [0.5, 0.6) is 11.5 Å². The molecule has 0 saturated carbocycles. The normalized spacial score (nSPS) is 10.4. The largest absolute Gasteiger partial charge is 0.497 e. The van der Waals surface area contributed by atoms with E-state index in [1.165, 1.54) is 21.6 Å². The zero-order valence-corrected chi connectivity index (χ0v) is 19.6. The molecule has 30 heavy (non-hydrogen) atoms. The number of nitrogens with one attached hydrogen (secondary N) is 2. The number of rotatable bonds is 11. The molecule has 0 spiro atoms. The average molecular weight is 489 g/mol. The first-order valence-corrected chi connectivity index (χ1v) is 12.1. The van der Waals surface area contributed by atoms with Gasteiger partial charge in [-0.3, -0.25) is 9.59 Å². The van der Waals surface area contributed by atoms with Crippen LogP contribution in [0, 0.1) is 0 Å². The number of ether oxygens (including phenoxy) is 2. The molecule has 10 heteroatoms. The molecule has 2 aromatic carbocycles. The second-order valence-electron chi connectivity index (χ2n) is 5.78. The summed E-state index contributed by atoms with van der Waals surface area (Å²) >= 11 is 11.4. The summed E-state index contributed by atoms with van der Waals surface area (Å²) in [4.78, 5) is 26.5. The summed E-state index contributed by atoms with van der Waals surface area (Å²) < 4.78 is 10.5. The van der Waals surface area contributed by atoms with E-state index in [2.05, 4.69) is 10.6 Å². The summed E-state index contributed by atoms with van der Waals surface area (Å²) in [5, 5.41) is 5.53. The number of carbonyl (C=O) groups is 2. The predicted octanol–water partition coefficient (Wildman–Crippen LogP) is 4.44. The van der Waals surface area contributed by atoms with Gasteiger partial charge in [-0.05, 0) is 36.4 Å². The van der Waals surface area contributed by atoms with E-state index >= 15 is 0 Å². The fourth-order valence-corrected chi connectivity index (χ4v) is 4.88. The van der Waals surface area contributed by atoms with Crippen molar-refractivity contribution in [1.29, 1.82) is 0 Å². The van der Waals surface area contributed by atoms with Crippen LogP contribution in [0.4, 0.5) is 0 Å². The Hall–Kier alpha value is -1.74. The van der Waals surface area contributed by atoms with Crippen molar-refractivity contribution in [2.75, 3.05) is 39.1 Å². The molecule has 0 unspecified atom stereocenters. The molecule has 2 amide bonds. The molecule has 0 aromatic heterocycles. The molecule has 0 heterocycles. The third-order valence-corrected chi connectivity index (χ3v) is 6.70. The standard InChI is InChI=1S/C20H22Cl2N2O4S2/c1-27-13-3-5-17(15(11-13)19(25)23-9-7-21)29-30-18-6-4-14(28-2)12-16(18)20(26)24-10-8-22/h3-6,11-12H,7-10H2,1-2H3,(H,23,25)(H,24,26). The molecule has 2 rings (SSSR count). The van der Waals surface area contributed by atoms with Crippen molar-refractivity contribution in [2.45, 2.75) is 9.79 Å². The van der Waals surface area contributed by atoms with E-state index < -0.39 is 0 Å². The highest BCUT2D eigenvalue weighted by Gasteiger charge is 2.17. The SMILES string of the molecule is COc1ccc(SSc2ccc(OC)cc2C(=O)NCCCl)c(C(=O)NCCCl)c1. The Labute approximate surface area is 193 Å². The van der Waals surface area contributed by atoms with Gasteiger partial charge in [0.05, 0.1) is 25.3 Å². The third-order valence-electron chi connectivity index (χ3n) is 3.84. The van der Waals surface area contributed by atoms with Gasteiger partial charge in [-0.15, -0.1) is 23.2 Å². The topological polar surface area (TPSA) is 76.7 Å². The molecular formula is C20H22Cl2N2O4S2. The predicted molar refractivity (Wildman–Crippen MR) is 124 cm³/mol. The first kappa shape index (κ1) is 24.5. The van der Waals surface area contributed by atoms with E-state index in [4.69, 9.17) is 32.7 Å². The van der Waals surface area contributed by atoms with Gasteiger partial charge in [-0.1, -0.05) is 21.6 Å². The van der Waals surface area contributed by atoms with Gasteiger partial charge in [0.25, 0.3) is 11.8 Å². The fraction of sp³-hybridized carbons (Fsp3) is 0.300. The summed E-state index contributed by atoms with van der Waals surface area (Å²) in [6.07, 6.45) is 0. The summed E-state index contributed by atoms with van der Waals surface area (Å²) in [5.74, 6) is 1.30. The van der Waals surface area contributed by atoms with Crippen LogP contribution in [-0.4, -0.2) is 50.9 Å². The zero-order chi connectivity index (χ0) is 21.9. The van der Waals surface area contributed by atoms with E-state index in [0.717, 1.165) is 9.79 Å². The minimum absolute atomic E-state index is 0.243. The Morgan fingerprint density at radius 2 is 1.20 bits per heavy atom. The van der Waals surface area contributed by atoms with Crippen molar-refractivity contribution < 1.29 is 19.1 Å². The van der Waals surface area contributed by atoms with Crippen LogP contribution in [0.3, 0.4) is 0 Å². The summed E-state index contributed by atoms with van der Waals surface area (Å²) in [6.45, 7) is 0.719. The second kappa shape index (κ2) is 12.8. The zero-order valence-electron chi connectivity index (χ0n) is 16.5. The van der Waals surface area contributed by atoms with Gasteiger partial charge < -0.3 is 20.1 Å². The van der Waals surface area contributed by atoms with E-state index in [1.54, 1.807) is 38.5 Å². The molecule has 162 valence electrons. The van der Waals surface area contributed by atoms with E-state index in [9.17, 15) is 9.59 Å². The van der Waals surface area contributed by atoms with Crippen molar-refractivity contribution in [3.8, 4) is 11.5 Å². The van der Waals surface area contributed by atoms with Gasteiger partial charge in [0.2, 0.25) is 0 Å². The molecular weight excluding hydrogens is 467 g/mol. The highest BCUT2D eigenvalue weighted by atomic mass is 35.5. The monoisotopic (exact) mass is 488 g/mol. The number of hydrogen-bond acceptors (Lipinski definition) is 6. The van der Waals surface area contributed by atoms with Crippen LogP contribution in [0.15, 0.2) is 46.2 Å². The molecule has 2 N–H and O–H groups in total. The van der Waals surface area contributed by atoms with Gasteiger partial charge in [-0.25, -0.2) is 0 Å². The number of hydrogen-bond donors (Lipinski definition) is 2.